The summed E-state index contributed by atoms with van der Waals surface area (Å²) in [6.07, 6.45) is 1.32. The maximum atomic E-state index is 12.2. The van der Waals surface area contributed by atoms with Gasteiger partial charge in [0.1, 0.15) is 5.75 Å². The maximum Gasteiger partial charge on any atom is 0.387 e. The molecule has 1 aliphatic rings. The summed E-state index contributed by atoms with van der Waals surface area (Å²) in [5.74, 6) is 0.147. The van der Waals surface area contributed by atoms with Gasteiger partial charge in [0.15, 0.2) is 0 Å². The fraction of sp³-hybridized carbons (Fsp3) is 0.417. The van der Waals surface area contributed by atoms with Crippen LogP contribution in [0.15, 0.2) is 18.2 Å². The topological polar surface area (TPSA) is 29.5 Å². The summed E-state index contributed by atoms with van der Waals surface area (Å²) < 4.78 is 28.8. The van der Waals surface area contributed by atoms with Gasteiger partial charge in [0.05, 0.1) is 0 Å². The number of alkyl halides is 2. The first kappa shape index (κ1) is 11.8. The van der Waals surface area contributed by atoms with Gasteiger partial charge in [0, 0.05) is 24.7 Å². The number of hydrogen-bond donors (Lipinski definition) is 0. The minimum atomic E-state index is -2.85. The van der Waals surface area contributed by atoms with Crippen molar-refractivity contribution in [2.24, 2.45) is 0 Å². The Morgan fingerprint density at radius 2 is 2.18 bits per heavy atom. The van der Waals surface area contributed by atoms with Gasteiger partial charge in [-0.15, -0.1) is 0 Å². The molecule has 1 saturated heterocycles. The minimum absolute atomic E-state index is 0.0249. The zero-order valence-electron chi connectivity index (χ0n) is 9.45. The SMILES string of the molecule is Cc1ccc(N2CCCC2=O)cc1OC(F)F. The Morgan fingerprint density at radius 3 is 2.76 bits per heavy atom. The number of rotatable bonds is 3. The van der Waals surface area contributed by atoms with E-state index in [0.29, 0.717) is 24.2 Å². The molecule has 0 unspecified atom stereocenters. The molecule has 92 valence electrons. The summed E-state index contributed by atoms with van der Waals surface area (Å²) in [5, 5.41) is 0. The average molecular weight is 241 g/mol. The molecular formula is C12H13F2NO2. The largest absolute Gasteiger partial charge is 0.434 e. The molecule has 1 amide bonds. The lowest BCUT2D eigenvalue weighted by molar-refractivity contribution is -0.117. The van der Waals surface area contributed by atoms with Crippen LogP contribution >= 0.6 is 0 Å². The third kappa shape index (κ3) is 2.54. The Bertz CT molecular complexity index is 435. The maximum absolute atomic E-state index is 12.2. The Balaban J connectivity index is 2.27. The van der Waals surface area contributed by atoms with Crippen LogP contribution in [0.25, 0.3) is 0 Å². The van der Waals surface area contributed by atoms with E-state index in [1.165, 1.54) is 6.07 Å². The summed E-state index contributed by atoms with van der Waals surface area (Å²) in [6, 6.07) is 4.92. The van der Waals surface area contributed by atoms with Crippen LogP contribution in [0.1, 0.15) is 18.4 Å². The molecule has 1 aromatic carbocycles. The van der Waals surface area contributed by atoms with E-state index in [2.05, 4.69) is 4.74 Å². The molecule has 0 spiro atoms. The number of benzene rings is 1. The smallest absolute Gasteiger partial charge is 0.387 e. The van der Waals surface area contributed by atoms with Crippen LogP contribution in [0.2, 0.25) is 0 Å². The number of ether oxygens (including phenoxy) is 1. The lowest BCUT2D eigenvalue weighted by Crippen LogP contribution is -2.23. The van der Waals surface area contributed by atoms with Gasteiger partial charge in [0.25, 0.3) is 0 Å². The quantitative estimate of drug-likeness (QED) is 0.814. The van der Waals surface area contributed by atoms with Crippen molar-refractivity contribution in [3.63, 3.8) is 0 Å². The van der Waals surface area contributed by atoms with E-state index in [1.54, 1.807) is 24.0 Å². The number of amides is 1. The van der Waals surface area contributed by atoms with Crippen LogP contribution in [0, 0.1) is 6.92 Å². The molecule has 1 fully saturated rings. The van der Waals surface area contributed by atoms with E-state index in [0.717, 1.165) is 6.42 Å². The molecule has 17 heavy (non-hydrogen) atoms. The monoisotopic (exact) mass is 241 g/mol. The number of nitrogens with zero attached hydrogens (tertiary/aromatic N) is 1. The van der Waals surface area contributed by atoms with Crippen LogP contribution in [-0.2, 0) is 4.79 Å². The van der Waals surface area contributed by atoms with Gasteiger partial charge in [-0.3, -0.25) is 4.79 Å². The highest BCUT2D eigenvalue weighted by molar-refractivity contribution is 5.95. The summed E-state index contributed by atoms with van der Waals surface area (Å²) in [4.78, 5) is 13.1. The number of anilines is 1. The molecule has 2 rings (SSSR count). The van der Waals surface area contributed by atoms with Gasteiger partial charge in [-0.2, -0.15) is 8.78 Å². The predicted molar refractivity (Wildman–Crippen MR) is 59.4 cm³/mol. The molecular weight excluding hydrogens is 228 g/mol. The van der Waals surface area contributed by atoms with Gasteiger partial charge in [-0.25, -0.2) is 0 Å². The lowest BCUT2D eigenvalue weighted by Gasteiger charge is -2.17. The number of carbonyl (C=O) groups excluding carboxylic acids is 1. The summed E-state index contributed by atoms with van der Waals surface area (Å²) in [5.41, 5.74) is 1.24. The van der Waals surface area contributed by atoms with Crippen molar-refractivity contribution in [3.8, 4) is 5.75 Å². The van der Waals surface area contributed by atoms with Crippen molar-refractivity contribution >= 4 is 11.6 Å². The van der Waals surface area contributed by atoms with Gasteiger partial charge in [-0.1, -0.05) is 6.07 Å². The summed E-state index contributed by atoms with van der Waals surface area (Å²) in [6.45, 7) is -0.526. The number of halogens is 2. The van der Waals surface area contributed by atoms with Crippen molar-refractivity contribution < 1.29 is 18.3 Å². The second-order valence-corrected chi connectivity index (χ2v) is 3.98. The molecule has 1 heterocycles. The normalized spacial score (nSPS) is 15.8. The fourth-order valence-corrected chi connectivity index (χ4v) is 1.90. The van der Waals surface area contributed by atoms with Crippen molar-refractivity contribution in [2.45, 2.75) is 26.4 Å². The van der Waals surface area contributed by atoms with Crippen LogP contribution < -0.4 is 9.64 Å². The highest BCUT2D eigenvalue weighted by Crippen LogP contribution is 2.29. The lowest BCUT2D eigenvalue weighted by atomic mass is 10.2. The summed E-state index contributed by atoms with van der Waals surface area (Å²) >= 11 is 0. The van der Waals surface area contributed by atoms with Crippen LogP contribution in [0.3, 0.4) is 0 Å². The van der Waals surface area contributed by atoms with E-state index in [4.69, 9.17) is 0 Å². The Morgan fingerprint density at radius 1 is 1.41 bits per heavy atom. The minimum Gasteiger partial charge on any atom is -0.434 e. The molecule has 0 N–H and O–H groups in total. The van der Waals surface area contributed by atoms with Crippen LogP contribution in [0.5, 0.6) is 5.75 Å². The van der Waals surface area contributed by atoms with Crippen molar-refractivity contribution in [3.05, 3.63) is 23.8 Å². The standard InChI is InChI=1S/C12H13F2NO2/c1-8-4-5-9(7-10(8)17-12(13)14)15-6-2-3-11(15)16/h4-5,7,12H,2-3,6H2,1H3. The van der Waals surface area contributed by atoms with E-state index >= 15 is 0 Å². The highest BCUT2D eigenvalue weighted by atomic mass is 19.3. The highest BCUT2D eigenvalue weighted by Gasteiger charge is 2.22. The van der Waals surface area contributed by atoms with Crippen molar-refractivity contribution in [2.75, 3.05) is 11.4 Å². The number of aryl methyl sites for hydroxylation is 1. The van der Waals surface area contributed by atoms with Gasteiger partial charge in [0.2, 0.25) is 5.91 Å². The Labute approximate surface area is 98.0 Å². The van der Waals surface area contributed by atoms with Crippen LogP contribution in [-0.4, -0.2) is 19.1 Å². The molecule has 3 nitrogen and oxygen atoms in total. The first-order chi connectivity index (χ1) is 8.08. The second-order valence-electron chi connectivity index (χ2n) is 3.98. The molecule has 0 bridgehead atoms. The Kier molecular flexibility index (Phi) is 3.26. The van der Waals surface area contributed by atoms with Crippen molar-refractivity contribution in [1.82, 2.24) is 0 Å². The van der Waals surface area contributed by atoms with Gasteiger partial charge >= 0.3 is 6.61 Å². The van der Waals surface area contributed by atoms with E-state index in [9.17, 15) is 13.6 Å². The molecule has 1 aromatic rings. The predicted octanol–water partition coefficient (Wildman–Crippen LogP) is 2.72. The third-order valence-corrected chi connectivity index (χ3v) is 2.77. The number of carbonyl (C=O) groups is 1. The molecule has 0 atom stereocenters. The zero-order chi connectivity index (χ0) is 12.4. The second kappa shape index (κ2) is 4.69. The van der Waals surface area contributed by atoms with E-state index in [-0.39, 0.29) is 11.7 Å². The van der Waals surface area contributed by atoms with E-state index in [1.807, 2.05) is 0 Å². The molecule has 0 aromatic heterocycles. The number of hydrogen-bond acceptors (Lipinski definition) is 2. The Hall–Kier alpha value is -1.65. The summed E-state index contributed by atoms with van der Waals surface area (Å²) in [7, 11) is 0. The molecule has 5 heteroatoms. The van der Waals surface area contributed by atoms with Crippen molar-refractivity contribution in [1.29, 1.82) is 0 Å². The van der Waals surface area contributed by atoms with Crippen LogP contribution in [0.4, 0.5) is 14.5 Å². The first-order valence-electron chi connectivity index (χ1n) is 5.44. The first-order valence-corrected chi connectivity index (χ1v) is 5.44. The third-order valence-electron chi connectivity index (χ3n) is 2.77. The van der Waals surface area contributed by atoms with Gasteiger partial charge in [-0.05, 0) is 25.0 Å². The van der Waals surface area contributed by atoms with E-state index < -0.39 is 6.61 Å². The fourth-order valence-electron chi connectivity index (χ4n) is 1.90. The van der Waals surface area contributed by atoms with Gasteiger partial charge < -0.3 is 9.64 Å². The molecule has 1 aliphatic heterocycles. The zero-order valence-corrected chi connectivity index (χ0v) is 9.45. The molecule has 0 saturated carbocycles. The average Bonchev–Trinajstić information content (AvgIpc) is 2.67. The molecule has 0 radical (unpaired) electrons. The molecule has 0 aliphatic carbocycles.